The van der Waals surface area contributed by atoms with Crippen molar-refractivity contribution in [3.63, 3.8) is 0 Å². The van der Waals surface area contributed by atoms with Crippen LogP contribution in [0.25, 0.3) is 0 Å². The second-order valence-electron chi connectivity index (χ2n) is 11.5. The van der Waals surface area contributed by atoms with Gasteiger partial charge in [0.25, 0.3) is 0 Å². The molecule has 1 aromatic carbocycles. The van der Waals surface area contributed by atoms with Crippen molar-refractivity contribution in [2.24, 2.45) is 11.8 Å². The highest BCUT2D eigenvalue weighted by Gasteiger charge is 2.71. The molecule has 4 aliphatic rings. The molecule has 198 valence electrons. The Balaban J connectivity index is 1.59. The number of aliphatic hydroxyl groups excluding tert-OH is 1. The van der Waals surface area contributed by atoms with Crippen molar-refractivity contribution in [3.05, 3.63) is 60.2 Å². The minimum atomic E-state index is -0.859. The summed E-state index contributed by atoms with van der Waals surface area (Å²) < 4.78 is -0.859. The van der Waals surface area contributed by atoms with E-state index in [-0.39, 0.29) is 29.6 Å². The average Bonchev–Trinajstić information content (AvgIpc) is 3.18. The standard InChI is InChI=1S/C29H37N3O4S/c1-5-20(18-33)32-24-27(36)31(28(2,3)4)16-10-14-29(24)23(26(32)35)22-21(37-29)13-9-15-30(25(22)34)17-19-11-7-6-8-12-19/h6-14,20-24,33H,5,15-18H2,1-4H3/t20-,21-,22+,23-,24?,29-/m0/s1. The highest BCUT2D eigenvalue weighted by Crippen LogP contribution is 2.61. The Morgan fingerprint density at radius 2 is 1.78 bits per heavy atom. The zero-order valence-corrected chi connectivity index (χ0v) is 22.9. The van der Waals surface area contributed by atoms with Crippen LogP contribution in [0.15, 0.2) is 54.6 Å². The molecule has 2 saturated heterocycles. The van der Waals surface area contributed by atoms with E-state index >= 15 is 0 Å². The number of benzene rings is 1. The van der Waals surface area contributed by atoms with Crippen molar-refractivity contribution < 1.29 is 19.5 Å². The highest BCUT2D eigenvalue weighted by atomic mass is 32.2. The molecule has 1 spiro atoms. The van der Waals surface area contributed by atoms with E-state index in [1.54, 1.807) is 16.7 Å². The zero-order chi connectivity index (χ0) is 26.5. The average molecular weight is 524 g/mol. The summed E-state index contributed by atoms with van der Waals surface area (Å²) in [5.41, 5.74) is 0.605. The monoisotopic (exact) mass is 523 g/mol. The summed E-state index contributed by atoms with van der Waals surface area (Å²) >= 11 is 1.58. The lowest BCUT2D eigenvalue weighted by Gasteiger charge is -2.42. The number of hydrogen-bond acceptors (Lipinski definition) is 5. The number of hydrogen-bond donors (Lipinski definition) is 1. The van der Waals surface area contributed by atoms with Crippen LogP contribution in [-0.4, -0.2) is 84.8 Å². The first kappa shape index (κ1) is 26.0. The van der Waals surface area contributed by atoms with Gasteiger partial charge in [0.15, 0.2) is 0 Å². The normalized spacial score (nSPS) is 32.2. The van der Waals surface area contributed by atoms with Crippen LogP contribution in [-0.2, 0) is 20.9 Å². The van der Waals surface area contributed by atoms with Crippen LogP contribution in [0, 0.1) is 11.8 Å². The van der Waals surface area contributed by atoms with Gasteiger partial charge >= 0.3 is 0 Å². The van der Waals surface area contributed by atoms with Gasteiger partial charge in [-0.15, -0.1) is 11.8 Å². The molecule has 6 atom stereocenters. The predicted octanol–water partition coefficient (Wildman–Crippen LogP) is 2.85. The third-order valence-corrected chi connectivity index (χ3v) is 10.0. The predicted molar refractivity (Wildman–Crippen MR) is 144 cm³/mol. The maximum atomic E-state index is 14.3. The molecule has 0 aromatic heterocycles. The molecule has 7 nitrogen and oxygen atoms in total. The molecule has 8 heteroatoms. The van der Waals surface area contributed by atoms with E-state index in [0.717, 1.165) is 5.56 Å². The fourth-order valence-electron chi connectivity index (χ4n) is 6.49. The van der Waals surface area contributed by atoms with Crippen molar-refractivity contribution in [1.29, 1.82) is 0 Å². The number of fused-ring (bicyclic) bond motifs is 2. The second-order valence-corrected chi connectivity index (χ2v) is 13.0. The fourth-order valence-corrected chi connectivity index (χ4v) is 8.48. The van der Waals surface area contributed by atoms with Gasteiger partial charge in [0, 0.05) is 30.4 Å². The third-order valence-electron chi connectivity index (χ3n) is 8.28. The van der Waals surface area contributed by atoms with Crippen LogP contribution in [0.2, 0.25) is 0 Å². The first-order valence-corrected chi connectivity index (χ1v) is 14.1. The van der Waals surface area contributed by atoms with E-state index in [2.05, 4.69) is 6.08 Å². The number of rotatable bonds is 5. The highest BCUT2D eigenvalue weighted by molar-refractivity contribution is 8.02. The topological polar surface area (TPSA) is 81.2 Å². The first-order chi connectivity index (χ1) is 17.6. The fraction of sp³-hybridized carbons (Fsp3) is 0.552. The summed E-state index contributed by atoms with van der Waals surface area (Å²) in [6.45, 7) is 9.10. The maximum absolute atomic E-state index is 14.3. The van der Waals surface area contributed by atoms with Crippen LogP contribution in [0.3, 0.4) is 0 Å². The minimum Gasteiger partial charge on any atom is -0.394 e. The van der Waals surface area contributed by atoms with Crippen LogP contribution in [0.4, 0.5) is 0 Å². The summed E-state index contributed by atoms with van der Waals surface area (Å²) in [6, 6.07) is 8.64. The molecule has 37 heavy (non-hydrogen) atoms. The van der Waals surface area contributed by atoms with E-state index in [9.17, 15) is 19.5 Å². The van der Waals surface area contributed by atoms with Crippen molar-refractivity contribution in [3.8, 4) is 0 Å². The smallest absolute Gasteiger partial charge is 0.247 e. The van der Waals surface area contributed by atoms with Gasteiger partial charge in [-0.3, -0.25) is 14.4 Å². The number of aliphatic hydroxyl groups is 1. The van der Waals surface area contributed by atoms with Crippen LogP contribution in [0.5, 0.6) is 0 Å². The van der Waals surface area contributed by atoms with Gasteiger partial charge < -0.3 is 19.8 Å². The Kier molecular flexibility index (Phi) is 6.77. The van der Waals surface area contributed by atoms with E-state index in [1.807, 2.05) is 86.1 Å². The molecule has 1 unspecified atom stereocenters. The number of thioether (sulfide) groups is 1. The lowest BCUT2D eigenvalue weighted by Crippen LogP contribution is -2.59. The third kappa shape index (κ3) is 4.13. The molecule has 5 rings (SSSR count). The van der Waals surface area contributed by atoms with E-state index < -0.39 is 34.2 Å². The number of likely N-dealkylation sites (tertiary alicyclic amines) is 1. The second kappa shape index (κ2) is 9.62. The maximum Gasteiger partial charge on any atom is 0.247 e. The SMILES string of the molecule is CC[C@@H](CO)N1C(=O)[C@@H]2[C@@H]3C(=O)N(Cc4ccccc4)CC=C[C@@H]3S[C@@]23C=CCN(C(C)(C)C)C(=O)C13. The van der Waals surface area contributed by atoms with Crippen molar-refractivity contribution in [2.75, 3.05) is 19.7 Å². The Morgan fingerprint density at radius 1 is 1.05 bits per heavy atom. The lowest BCUT2D eigenvalue weighted by molar-refractivity contribution is -0.148. The van der Waals surface area contributed by atoms with Crippen LogP contribution < -0.4 is 0 Å². The molecule has 2 fully saturated rings. The summed E-state index contributed by atoms with van der Waals surface area (Å²) in [6.07, 6.45) is 8.66. The number of nitrogens with zero attached hydrogens (tertiary/aromatic N) is 3. The molecule has 0 saturated carbocycles. The lowest BCUT2D eigenvalue weighted by atomic mass is 9.78. The number of carbonyl (C=O) groups excluding carboxylic acids is 3. The van der Waals surface area contributed by atoms with Gasteiger partial charge in [-0.25, -0.2) is 0 Å². The van der Waals surface area contributed by atoms with Gasteiger partial charge in [0.05, 0.1) is 29.2 Å². The largest absolute Gasteiger partial charge is 0.394 e. The van der Waals surface area contributed by atoms with E-state index in [1.165, 1.54) is 0 Å². The Morgan fingerprint density at radius 3 is 2.43 bits per heavy atom. The van der Waals surface area contributed by atoms with Gasteiger partial charge in [0.1, 0.15) is 6.04 Å². The molecule has 4 aliphatic heterocycles. The van der Waals surface area contributed by atoms with Crippen molar-refractivity contribution >= 4 is 29.5 Å². The molecule has 3 amide bonds. The molecule has 4 heterocycles. The summed E-state index contributed by atoms with van der Waals surface area (Å²) in [5, 5.41) is 10.0. The van der Waals surface area contributed by atoms with Gasteiger partial charge in [-0.2, -0.15) is 0 Å². The minimum absolute atomic E-state index is 0.0444. The Bertz CT molecular complexity index is 1130. The van der Waals surface area contributed by atoms with Crippen molar-refractivity contribution in [2.45, 2.75) is 68.3 Å². The van der Waals surface area contributed by atoms with Gasteiger partial charge in [-0.05, 0) is 32.8 Å². The molecular formula is C29H37N3O4S. The summed E-state index contributed by atoms with van der Waals surface area (Å²) in [5.74, 6) is -1.58. The van der Waals surface area contributed by atoms with Crippen LogP contribution >= 0.6 is 11.8 Å². The summed E-state index contributed by atoms with van der Waals surface area (Å²) in [4.78, 5) is 48.0. The zero-order valence-electron chi connectivity index (χ0n) is 22.0. The molecular weight excluding hydrogens is 486 g/mol. The molecule has 0 radical (unpaired) electrons. The molecule has 1 N–H and O–H groups in total. The number of amides is 3. The van der Waals surface area contributed by atoms with E-state index in [0.29, 0.717) is 26.1 Å². The summed E-state index contributed by atoms with van der Waals surface area (Å²) in [7, 11) is 0. The van der Waals surface area contributed by atoms with Crippen molar-refractivity contribution in [1.82, 2.24) is 14.7 Å². The molecule has 1 aromatic rings. The van der Waals surface area contributed by atoms with Crippen LogP contribution in [0.1, 0.15) is 39.7 Å². The van der Waals surface area contributed by atoms with Gasteiger partial charge in [0.2, 0.25) is 17.7 Å². The van der Waals surface area contributed by atoms with E-state index in [4.69, 9.17) is 0 Å². The molecule has 0 aliphatic carbocycles. The number of carbonyl (C=O) groups is 3. The van der Waals surface area contributed by atoms with Gasteiger partial charge in [-0.1, -0.05) is 61.6 Å². The molecule has 0 bridgehead atoms. The Hall–Kier alpha value is -2.58. The Labute approximate surface area is 223 Å². The first-order valence-electron chi connectivity index (χ1n) is 13.2. The quantitative estimate of drug-likeness (QED) is 0.601.